The van der Waals surface area contributed by atoms with Crippen LogP contribution in [0, 0.1) is 6.92 Å². The molecule has 0 spiro atoms. The lowest BCUT2D eigenvalue weighted by Crippen LogP contribution is -2.42. The van der Waals surface area contributed by atoms with Gasteiger partial charge in [-0.05, 0) is 43.5 Å². The molecule has 1 fully saturated rings. The molecule has 1 aliphatic rings. The van der Waals surface area contributed by atoms with E-state index in [0.717, 1.165) is 35.0 Å². The molecule has 0 aliphatic carbocycles. The van der Waals surface area contributed by atoms with E-state index in [1.807, 2.05) is 30.0 Å². The van der Waals surface area contributed by atoms with Crippen LogP contribution < -0.4 is 0 Å². The molecule has 1 aliphatic heterocycles. The van der Waals surface area contributed by atoms with Gasteiger partial charge < -0.3 is 9.64 Å². The molecule has 1 aromatic rings. The van der Waals surface area contributed by atoms with Gasteiger partial charge in [-0.15, -0.1) is 0 Å². The summed E-state index contributed by atoms with van der Waals surface area (Å²) >= 11 is 3.44. The molecular weight excluding hydrogens is 294 g/mol. The zero-order valence-corrected chi connectivity index (χ0v) is 12.4. The number of halogens is 1. The van der Waals surface area contributed by atoms with Crippen molar-refractivity contribution in [3.8, 4) is 0 Å². The molecule has 18 heavy (non-hydrogen) atoms. The molecule has 1 atom stereocenters. The fourth-order valence-corrected chi connectivity index (χ4v) is 2.97. The molecule has 0 N–H and O–H groups in total. The van der Waals surface area contributed by atoms with Crippen molar-refractivity contribution in [3.63, 3.8) is 0 Å². The zero-order valence-electron chi connectivity index (χ0n) is 10.8. The maximum Gasteiger partial charge on any atom is 0.253 e. The summed E-state index contributed by atoms with van der Waals surface area (Å²) < 4.78 is 6.30. The molecule has 1 amide bonds. The Bertz CT molecular complexity index is 427. The Morgan fingerprint density at radius 1 is 1.44 bits per heavy atom. The molecule has 98 valence electrons. The van der Waals surface area contributed by atoms with Crippen LogP contribution in [-0.2, 0) is 4.74 Å². The first-order chi connectivity index (χ1) is 8.60. The van der Waals surface area contributed by atoms with Crippen molar-refractivity contribution in [2.24, 2.45) is 0 Å². The minimum Gasteiger partial charge on any atom is -0.380 e. The Morgan fingerprint density at radius 2 is 2.22 bits per heavy atom. The quantitative estimate of drug-likeness (QED) is 0.840. The SMILES string of the molecule is COC1CCCN(C(=O)c2cc(C)cc(Br)c2)C1. The van der Waals surface area contributed by atoms with Crippen molar-refractivity contribution in [3.05, 3.63) is 33.8 Å². The molecule has 0 aromatic heterocycles. The second kappa shape index (κ2) is 5.85. The number of likely N-dealkylation sites (tertiary alicyclic amines) is 1. The van der Waals surface area contributed by atoms with Gasteiger partial charge in [0, 0.05) is 30.2 Å². The van der Waals surface area contributed by atoms with Crippen LogP contribution in [-0.4, -0.2) is 37.1 Å². The third kappa shape index (κ3) is 3.12. The molecular formula is C14H18BrNO2. The van der Waals surface area contributed by atoms with Crippen molar-refractivity contribution < 1.29 is 9.53 Å². The minimum absolute atomic E-state index is 0.0983. The molecule has 2 rings (SSSR count). The van der Waals surface area contributed by atoms with Gasteiger partial charge in [-0.1, -0.05) is 15.9 Å². The van der Waals surface area contributed by atoms with Gasteiger partial charge in [-0.3, -0.25) is 4.79 Å². The van der Waals surface area contributed by atoms with E-state index in [4.69, 9.17) is 4.74 Å². The summed E-state index contributed by atoms with van der Waals surface area (Å²) in [5.74, 6) is 0.0983. The highest BCUT2D eigenvalue weighted by Crippen LogP contribution is 2.19. The lowest BCUT2D eigenvalue weighted by atomic mass is 10.1. The number of ether oxygens (including phenoxy) is 1. The molecule has 4 heteroatoms. The summed E-state index contributed by atoms with van der Waals surface area (Å²) in [6, 6.07) is 5.82. The summed E-state index contributed by atoms with van der Waals surface area (Å²) in [5, 5.41) is 0. The predicted molar refractivity (Wildman–Crippen MR) is 74.8 cm³/mol. The Kier molecular flexibility index (Phi) is 4.40. The van der Waals surface area contributed by atoms with E-state index in [2.05, 4.69) is 15.9 Å². The van der Waals surface area contributed by atoms with Crippen molar-refractivity contribution in [2.75, 3.05) is 20.2 Å². The van der Waals surface area contributed by atoms with Crippen molar-refractivity contribution in [2.45, 2.75) is 25.9 Å². The van der Waals surface area contributed by atoms with Crippen LogP contribution in [0.15, 0.2) is 22.7 Å². The third-order valence-electron chi connectivity index (χ3n) is 3.29. The van der Waals surface area contributed by atoms with Gasteiger partial charge in [0.05, 0.1) is 6.10 Å². The lowest BCUT2D eigenvalue weighted by molar-refractivity contribution is 0.0269. The van der Waals surface area contributed by atoms with Gasteiger partial charge in [0.2, 0.25) is 0 Å². The number of hydrogen-bond acceptors (Lipinski definition) is 2. The van der Waals surface area contributed by atoms with Crippen LogP contribution in [0.1, 0.15) is 28.8 Å². The highest BCUT2D eigenvalue weighted by molar-refractivity contribution is 9.10. The standard InChI is InChI=1S/C14H18BrNO2/c1-10-6-11(8-12(15)7-10)14(17)16-5-3-4-13(9-16)18-2/h6-8,13H,3-5,9H2,1-2H3. The van der Waals surface area contributed by atoms with E-state index in [1.54, 1.807) is 7.11 Å². The van der Waals surface area contributed by atoms with Gasteiger partial charge in [0.15, 0.2) is 0 Å². The number of piperidine rings is 1. The normalized spacial score (nSPS) is 19.9. The first kappa shape index (κ1) is 13.6. The van der Waals surface area contributed by atoms with Gasteiger partial charge in [-0.2, -0.15) is 0 Å². The molecule has 3 nitrogen and oxygen atoms in total. The fourth-order valence-electron chi connectivity index (χ4n) is 2.36. The highest BCUT2D eigenvalue weighted by Gasteiger charge is 2.24. The number of rotatable bonds is 2. The number of hydrogen-bond donors (Lipinski definition) is 0. The Hall–Kier alpha value is -0.870. The lowest BCUT2D eigenvalue weighted by Gasteiger charge is -2.32. The maximum absolute atomic E-state index is 12.4. The number of aryl methyl sites for hydroxylation is 1. The summed E-state index contributed by atoms with van der Waals surface area (Å²) in [6.07, 6.45) is 2.23. The first-order valence-electron chi connectivity index (χ1n) is 6.19. The van der Waals surface area contributed by atoms with Crippen molar-refractivity contribution >= 4 is 21.8 Å². The minimum atomic E-state index is 0.0983. The van der Waals surface area contributed by atoms with Gasteiger partial charge in [-0.25, -0.2) is 0 Å². The summed E-state index contributed by atoms with van der Waals surface area (Å²) in [7, 11) is 1.71. The predicted octanol–water partition coefficient (Wildman–Crippen LogP) is 3.01. The average Bonchev–Trinajstić information content (AvgIpc) is 2.37. The number of methoxy groups -OCH3 is 1. The van der Waals surface area contributed by atoms with Gasteiger partial charge in [0.25, 0.3) is 5.91 Å². The summed E-state index contributed by atoms with van der Waals surface area (Å²) in [4.78, 5) is 14.3. The van der Waals surface area contributed by atoms with Crippen LogP contribution >= 0.6 is 15.9 Å². The second-order valence-corrected chi connectivity index (χ2v) is 5.68. The average molecular weight is 312 g/mol. The Labute approximate surface area is 116 Å². The molecule has 1 heterocycles. The Morgan fingerprint density at radius 3 is 2.89 bits per heavy atom. The van der Waals surface area contributed by atoms with Gasteiger partial charge >= 0.3 is 0 Å². The summed E-state index contributed by atoms with van der Waals surface area (Å²) in [6.45, 7) is 3.51. The molecule has 0 bridgehead atoms. The molecule has 0 radical (unpaired) electrons. The largest absolute Gasteiger partial charge is 0.380 e. The van der Waals surface area contributed by atoms with Crippen molar-refractivity contribution in [1.82, 2.24) is 4.90 Å². The van der Waals surface area contributed by atoms with E-state index in [-0.39, 0.29) is 12.0 Å². The van der Waals surface area contributed by atoms with E-state index in [1.165, 1.54) is 0 Å². The second-order valence-electron chi connectivity index (χ2n) is 4.77. The topological polar surface area (TPSA) is 29.5 Å². The molecule has 1 unspecified atom stereocenters. The van der Waals surface area contributed by atoms with E-state index in [0.29, 0.717) is 6.54 Å². The van der Waals surface area contributed by atoms with Crippen LogP contribution in [0.3, 0.4) is 0 Å². The zero-order chi connectivity index (χ0) is 13.1. The van der Waals surface area contributed by atoms with E-state index >= 15 is 0 Å². The highest BCUT2D eigenvalue weighted by atomic mass is 79.9. The maximum atomic E-state index is 12.4. The van der Waals surface area contributed by atoms with Crippen LogP contribution in [0.4, 0.5) is 0 Å². The number of amides is 1. The molecule has 0 saturated carbocycles. The molecule has 1 aromatic carbocycles. The van der Waals surface area contributed by atoms with Crippen LogP contribution in [0.25, 0.3) is 0 Å². The number of benzene rings is 1. The number of nitrogens with zero attached hydrogens (tertiary/aromatic N) is 1. The van der Waals surface area contributed by atoms with Gasteiger partial charge in [0.1, 0.15) is 0 Å². The van der Waals surface area contributed by atoms with Crippen LogP contribution in [0.2, 0.25) is 0 Å². The first-order valence-corrected chi connectivity index (χ1v) is 6.98. The van der Waals surface area contributed by atoms with Crippen LogP contribution in [0.5, 0.6) is 0 Å². The number of carbonyl (C=O) groups is 1. The molecule has 1 saturated heterocycles. The van der Waals surface area contributed by atoms with E-state index < -0.39 is 0 Å². The fraction of sp³-hybridized carbons (Fsp3) is 0.500. The monoisotopic (exact) mass is 311 g/mol. The summed E-state index contributed by atoms with van der Waals surface area (Å²) in [5.41, 5.74) is 1.84. The van der Waals surface area contributed by atoms with E-state index in [9.17, 15) is 4.79 Å². The smallest absolute Gasteiger partial charge is 0.253 e. The number of carbonyl (C=O) groups excluding carboxylic acids is 1. The Balaban J connectivity index is 2.15. The van der Waals surface area contributed by atoms with Crippen molar-refractivity contribution in [1.29, 1.82) is 0 Å². The third-order valence-corrected chi connectivity index (χ3v) is 3.75.